The number of ether oxygens (including phenoxy) is 1. The molecule has 16 heavy (non-hydrogen) atoms. The van der Waals surface area contributed by atoms with Crippen LogP contribution in [0.3, 0.4) is 0 Å². The van der Waals surface area contributed by atoms with E-state index in [0.29, 0.717) is 12.5 Å². The lowest BCUT2D eigenvalue weighted by atomic mass is 9.98. The molecular weight excluding hydrogens is 208 g/mol. The average molecular weight is 230 g/mol. The van der Waals surface area contributed by atoms with E-state index < -0.39 is 11.5 Å². The molecule has 0 spiro atoms. The van der Waals surface area contributed by atoms with E-state index in [9.17, 15) is 4.79 Å². The van der Waals surface area contributed by atoms with Crippen LogP contribution in [0.2, 0.25) is 0 Å². The van der Waals surface area contributed by atoms with Gasteiger partial charge in [-0.05, 0) is 33.9 Å². The van der Waals surface area contributed by atoms with E-state index in [2.05, 4.69) is 10.2 Å². The second kappa shape index (κ2) is 5.61. The summed E-state index contributed by atoms with van der Waals surface area (Å²) in [5.41, 5.74) is -0.840. The third-order valence-electron chi connectivity index (χ3n) is 3.52. The molecule has 2 N–H and O–H groups in total. The molecule has 94 valence electrons. The highest BCUT2D eigenvalue weighted by atomic mass is 16.5. The molecule has 0 amide bonds. The smallest absolute Gasteiger partial charge is 0.323 e. The summed E-state index contributed by atoms with van der Waals surface area (Å²) in [7, 11) is 3.71. The van der Waals surface area contributed by atoms with Crippen molar-refractivity contribution in [2.75, 3.05) is 33.9 Å². The number of nitrogens with one attached hydrogen (secondary N) is 1. The minimum Gasteiger partial charge on any atom is -0.480 e. The molecule has 2 atom stereocenters. The van der Waals surface area contributed by atoms with Gasteiger partial charge < -0.3 is 20.1 Å². The van der Waals surface area contributed by atoms with Crippen LogP contribution in [0.15, 0.2) is 0 Å². The molecule has 1 fully saturated rings. The SMILES string of the molecule is CNC(C)(CCN(C)C1CCOC1)C(=O)O. The van der Waals surface area contributed by atoms with Gasteiger partial charge in [-0.2, -0.15) is 0 Å². The highest BCUT2D eigenvalue weighted by Gasteiger charge is 2.32. The number of carboxylic acid groups (broad SMARTS) is 1. The summed E-state index contributed by atoms with van der Waals surface area (Å²) in [6, 6.07) is 0.440. The van der Waals surface area contributed by atoms with Crippen molar-refractivity contribution in [2.45, 2.75) is 31.3 Å². The van der Waals surface area contributed by atoms with E-state index in [4.69, 9.17) is 9.84 Å². The Bertz CT molecular complexity index is 241. The first kappa shape index (κ1) is 13.4. The van der Waals surface area contributed by atoms with Gasteiger partial charge in [0.1, 0.15) is 5.54 Å². The molecule has 5 nitrogen and oxygen atoms in total. The van der Waals surface area contributed by atoms with Crippen LogP contribution in [-0.4, -0.2) is 61.4 Å². The summed E-state index contributed by atoms with van der Waals surface area (Å²) in [5, 5.41) is 12.0. The Labute approximate surface area is 96.8 Å². The van der Waals surface area contributed by atoms with Gasteiger partial charge in [-0.15, -0.1) is 0 Å². The molecule has 1 heterocycles. The van der Waals surface area contributed by atoms with Crippen LogP contribution in [0.25, 0.3) is 0 Å². The molecule has 0 aromatic heterocycles. The van der Waals surface area contributed by atoms with Gasteiger partial charge in [-0.1, -0.05) is 0 Å². The number of rotatable bonds is 6. The zero-order chi connectivity index (χ0) is 12.2. The van der Waals surface area contributed by atoms with Crippen molar-refractivity contribution >= 4 is 5.97 Å². The number of carbonyl (C=O) groups is 1. The molecule has 5 heteroatoms. The molecular formula is C11H22N2O3. The Morgan fingerprint density at radius 2 is 2.38 bits per heavy atom. The Kier molecular flexibility index (Phi) is 4.70. The van der Waals surface area contributed by atoms with Crippen molar-refractivity contribution in [1.82, 2.24) is 10.2 Å². The minimum atomic E-state index is -0.840. The molecule has 0 radical (unpaired) electrons. The Balaban J connectivity index is 2.39. The fourth-order valence-corrected chi connectivity index (χ4v) is 1.79. The van der Waals surface area contributed by atoms with Crippen molar-refractivity contribution in [1.29, 1.82) is 0 Å². The molecule has 1 aliphatic rings. The monoisotopic (exact) mass is 230 g/mol. The quantitative estimate of drug-likeness (QED) is 0.680. The fraction of sp³-hybridized carbons (Fsp3) is 0.909. The summed E-state index contributed by atoms with van der Waals surface area (Å²) in [6.45, 7) is 4.06. The normalized spacial score (nSPS) is 24.6. The molecule has 1 aliphatic heterocycles. The summed E-state index contributed by atoms with van der Waals surface area (Å²) >= 11 is 0. The van der Waals surface area contributed by atoms with E-state index >= 15 is 0 Å². The maximum absolute atomic E-state index is 11.1. The van der Waals surface area contributed by atoms with Gasteiger partial charge in [0.05, 0.1) is 6.61 Å². The highest BCUT2D eigenvalue weighted by molar-refractivity contribution is 5.78. The Morgan fingerprint density at radius 1 is 1.69 bits per heavy atom. The van der Waals surface area contributed by atoms with Crippen molar-refractivity contribution in [3.8, 4) is 0 Å². The van der Waals surface area contributed by atoms with Gasteiger partial charge in [0.25, 0.3) is 0 Å². The van der Waals surface area contributed by atoms with E-state index in [-0.39, 0.29) is 0 Å². The van der Waals surface area contributed by atoms with Crippen molar-refractivity contribution < 1.29 is 14.6 Å². The van der Waals surface area contributed by atoms with Gasteiger partial charge in [0.15, 0.2) is 0 Å². The summed E-state index contributed by atoms with van der Waals surface area (Å²) in [4.78, 5) is 13.3. The van der Waals surface area contributed by atoms with Crippen LogP contribution < -0.4 is 5.32 Å². The first-order chi connectivity index (χ1) is 7.49. The zero-order valence-corrected chi connectivity index (χ0v) is 10.3. The van der Waals surface area contributed by atoms with E-state index in [0.717, 1.165) is 26.2 Å². The minimum absolute atomic E-state index is 0.440. The lowest BCUT2D eigenvalue weighted by Gasteiger charge is -2.29. The molecule has 1 saturated heterocycles. The lowest BCUT2D eigenvalue weighted by Crippen LogP contribution is -2.50. The van der Waals surface area contributed by atoms with Gasteiger partial charge in [-0.25, -0.2) is 0 Å². The van der Waals surface area contributed by atoms with Gasteiger partial charge in [-0.3, -0.25) is 4.79 Å². The Hall–Kier alpha value is -0.650. The molecule has 0 saturated carbocycles. The summed E-state index contributed by atoms with van der Waals surface area (Å²) in [5.74, 6) is -0.800. The average Bonchev–Trinajstić information content (AvgIpc) is 2.78. The van der Waals surface area contributed by atoms with Crippen molar-refractivity contribution in [3.05, 3.63) is 0 Å². The second-order valence-electron chi connectivity index (χ2n) is 4.64. The predicted molar refractivity (Wildman–Crippen MR) is 61.6 cm³/mol. The van der Waals surface area contributed by atoms with Gasteiger partial charge in [0.2, 0.25) is 0 Å². The van der Waals surface area contributed by atoms with Crippen molar-refractivity contribution in [3.63, 3.8) is 0 Å². The molecule has 0 aromatic rings. The van der Waals surface area contributed by atoms with Gasteiger partial charge >= 0.3 is 5.97 Å². The number of nitrogens with zero attached hydrogens (tertiary/aromatic N) is 1. The second-order valence-corrected chi connectivity index (χ2v) is 4.64. The van der Waals surface area contributed by atoms with Crippen LogP contribution in [0.5, 0.6) is 0 Å². The highest BCUT2D eigenvalue weighted by Crippen LogP contribution is 2.14. The molecule has 0 aromatic carbocycles. The van der Waals surface area contributed by atoms with E-state index in [1.165, 1.54) is 0 Å². The molecule has 2 unspecified atom stereocenters. The lowest BCUT2D eigenvalue weighted by molar-refractivity contribution is -0.144. The fourth-order valence-electron chi connectivity index (χ4n) is 1.79. The van der Waals surface area contributed by atoms with Crippen molar-refractivity contribution in [2.24, 2.45) is 0 Å². The van der Waals surface area contributed by atoms with Crippen LogP contribution in [-0.2, 0) is 9.53 Å². The number of likely N-dealkylation sites (N-methyl/N-ethyl adjacent to an activating group) is 2. The summed E-state index contributed by atoms with van der Waals surface area (Å²) < 4.78 is 5.31. The van der Waals surface area contributed by atoms with Gasteiger partial charge in [0, 0.05) is 19.2 Å². The number of hydrogen-bond acceptors (Lipinski definition) is 4. The summed E-state index contributed by atoms with van der Waals surface area (Å²) in [6.07, 6.45) is 1.63. The van der Waals surface area contributed by atoms with Crippen LogP contribution in [0.1, 0.15) is 19.8 Å². The predicted octanol–water partition coefficient (Wildman–Crippen LogP) is 0.160. The zero-order valence-electron chi connectivity index (χ0n) is 10.3. The number of hydrogen-bond donors (Lipinski definition) is 2. The molecule has 0 aliphatic carbocycles. The van der Waals surface area contributed by atoms with Crippen LogP contribution in [0.4, 0.5) is 0 Å². The number of aliphatic carboxylic acids is 1. The standard InChI is InChI=1S/C11H22N2O3/c1-11(12-2,10(14)15)5-6-13(3)9-4-7-16-8-9/h9,12H,4-8H2,1-3H3,(H,14,15). The molecule has 0 bridgehead atoms. The first-order valence-electron chi connectivity index (χ1n) is 5.70. The number of carboxylic acids is 1. The Morgan fingerprint density at radius 3 is 2.81 bits per heavy atom. The van der Waals surface area contributed by atoms with Crippen LogP contribution in [0, 0.1) is 0 Å². The topological polar surface area (TPSA) is 61.8 Å². The third-order valence-corrected chi connectivity index (χ3v) is 3.52. The maximum Gasteiger partial charge on any atom is 0.323 e. The largest absolute Gasteiger partial charge is 0.480 e. The maximum atomic E-state index is 11.1. The van der Waals surface area contributed by atoms with Crippen LogP contribution >= 0.6 is 0 Å². The molecule has 1 rings (SSSR count). The van der Waals surface area contributed by atoms with E-state index in [1.807, 2.05) is 7.05 Å². The van der Waals surface area contributed by atoms with E-state index in [1.54, 1.807) is 14.0 Å². The third kappa shape index (κ3) is 3.17. The first-order valence-corrected chi connectivity index (χ1v) is 5.70.